The number of nitro groups is 1. The molecule has 116 valence electrons. The molecule has 3 aromatic heterocycles. The van der Waals surface area contributed by atoms with E-state index in [4.69, 9.17) is 0 Å². The molecule has 0 bridgehead atoms. The van der Waals surface area contributed by atoms with E-state index in [1.165, 1.54) is 20.6 Å². The Morgan fingerprint density at radius 2 is 2.27 bits per heavy atom. The number of imidazole rings is 1. The molecule has 0 unspecified atom stereocenters. The summed E-state index contributed by atoms with van der Waals surface area (Å²) < 4.78 is 1.50. The SMILES string of the molecule is CN(C)[C@H](CNc1nc2sccn2c1[N+](=O)[O-])c1cccs1. The van der Waals surface area contributed by atoms with Crippen LogP contribution in [0.3, 0.4) is 0 Å². The maximum Gasteiger partial charge on any atom is 0.372 e. The fraction of sp³-hybridized carbons (Fsp3) is 0.308. The summed E-state index contributed by atoms with van der Waals surface area (Å²) in [5, 5.41) is 18.3. The quantitative estimate of drug-likeness (QED) is 0.552. The number of aromatic nitrogens is 2. The van der Waals surface area contributed by atoms with E-state index in [0.717, 1.165) is 0 Å². The molecule has 22 heavy (non-hydrogen) atoms. The van der Waals surface area contributed by atoms with Crippen LogP contribution in [-0.2, 0) is 0 Å². The maximum atomic E-state index is 11.3. The fourth-order valence-electron chi connectivity index (χ4n) is 2.28. The van der Waals surface area contributed by atoms with Crippen LogP contribution < -0.4 is 5.32 Å². The van der Waals surface area contributed by atoms with Gasteiger partial charge in [-0.05, 0) is 30.5 Å². The van der Waals surface area contributed by atoms with Gasteiger partial charge in [0.1, 0.15) is 6.20 Å². The summed E-state index contributed by atoms with van der Waals surface area (Å²) in [5.74, 6) is 0.306. The molecule has 1 atom stereocenters. The van der Waals surface area contributed by atoms with Crippen molar-refractivity contribution in [2.75, 3.05) is 26.0 Å². The fourth-order valence-corrected chi connectivity index (χ4v) is 3.91. The first kappa shape index (κ1) is 14.9. The molecule has 0 aliphatic rings. The number of nitrogens with zero attached hydrogens (tertiary/aromatic N) is 4. The number of nitrogens with one attached hydrogen (secondary N) is 1. The van der Waals surface area contributed by atoms with E-state index in [9.17, 15) is 10.1 Å². The Morgan fingerprint density at radius 1 is 1.45 bits per heavy atom. The summed E-state index contributed by atoms with van der Waals surface area (Å²) in [6.07, 6.45) is 1.67. The topological polar surface area (TPSA) is 75.7 Å². The van der Waals surface area contributed by atoms with Crippen molar-refractivity contribution in [1.82, 2.24) is 14.3 Å². The molecule has 0 saturated carbocycles. The average molecular weight is 337 g/mol. The highest BCUT2D eigenvalue weighted by atomic mass is 32.1. The molecule has 3 aromatic rings. The van der Waals surface area contributed by atoms with Crippen LogP contribution in [0.5, 0.6) is 0 Å². The number of hydrogen-bond donors (Lipinski definition) is 1. The van der Waals surface area contributed by atoms with Crippen LogP contribution in [-0.4, -0.2) is 39.8 Å². The van der Waals surface area contributed by atoms with Crippen molar-refractivity contribution in [3.05, 3.63) is 44.1 Å². The summed E-state index contributed by atoms with van der Waals surface area (Å²) in [4.78, 5) is 19.1. The number of anilines is 1. The first-order chi connectivity index (χ1) is 10.6. The highest BCUT2D eigenvalue weighted by Gasteiger charge is 2.25. The monoisotopic (exact) mass is 337 g/mol. The van der Waals surface area contributed by atoms with Gasteiger partial charge in [0.2, 0.25) is 5.82 Å². The van der Waals surface area contributed by atoms with Crippen LogP contribution in [0.15, 0.2) is 29.1 Å². The Labute approximate surface area is 135 Å². The smallest absolute Gasteiger partial charge is 0.361 e. The molecule has 3 rings (SSSR count). The zero-order valence-electron chi connectivity index (χ0n) is 12.1. The Morgan fingerprint density at radius 3 is 2.91 bits per heavy atom. The second-order valence-electron chi connectivity index (χ2n) is 4.97. The minimum absolute atomic E-state index is 0.0139. The number of hydrogen-bond acceptors (Lipinski definition) is 7. The molecule has 9 heteroatoms. The third-order valence-corrected chi connectivity index (χ3v) is 5.10. The van der Waals surface area contributed by atoms with E-state index < -0.39 is 4.92 Å². The second kappa shape index (κ2) is 6.03. The molecule has 0 spiro atoms. The Hall–Kier alpha value is -1.97. The van der Waals surface area contributed by atoms with E-state index >= 15 is 0 Å². The second-order valence-corrected chi connectivity index (χ2v) is 6.82. The lowest BCUT2D eigenvalue weighted by molar-refractivity contribution is -0.389. The largest absolute Gasteiger partial charge is 0.372 e. The Kier molecular flexibility index (Phi) is 4.10. The third kappa shape index (κ3) is 2.70. The summed E-state index contributed by atoms with van der Waals surface area (Å²) in [6, 6.07) is 4.21. The molecule has 0 aliphatic carbocycles. The van der Waals surface area contributed by atoms with Gasteiger partial charge in [0, 0.05) is 16.8 Å². The zero-order chi connectivity index (χ0) is 15.7. The molecule has 0 aromatic carbocycles. The van der Waals surface area contributed by atoms with Crippen molar-refractivity contribution in [2.24, 2.45) is 0 Å². The first-order valence-electron chi connectivity index (χ1n) is 6.61. The molecule has 7 nitrogen and oxygen atoms in total. The van der Waals surface area contributed by atoms with E-state index in [1.807, 2.05) is 25.5 Å². The van der Waals surface area contributed by atoms with Crippen LogP contribution in [0.4, 0.5) is 11.6 Å². The van der Waals surface area contributed by atoms with Gasteiger partial charge in [0.25, 0.3) is 4.96 Å². The number of thiophene rings is 1. The van der Waals surface area contributed by atoms with Gasteiger partial charge in [-0.15, -0.1) is 11.3 Å². The normalized spacial score (nSPS) is 12.9. The molecule has 3 heterocycles. The average Bonchev–Trinajstić information content (AvgIpc) is 3.12. The highest BCUT2D eigenvalue weighted by molar-refractivity contribution is 7.15. The lowest BCUT2D eigenvalue weighted by Gasteiger charge is -2.23. The van der Waals surface area contributed by atoms with Gasteiger partial charge in [0.15, 0.2) is 0 Å². The summed E-state index contributed by atoms with van der Waals surface area (Å²) in [6.45, 7) is 0.555. The molecular formula is C13H15N5O2S2. The van der Waals surface area contributed by atoms with Crippen molar-refractivity contribution in [1.29, 1.82) is 0 Å². The minimum atomic E-state index is -0.398. The number of thiazole rings is 1. The van der Waals surface area contributed by atoms with Crippen molar-refractivity contribution in [3.8, 4) is 0 Å². The van der Waals surface area contributed by atoms with Crippen LogP contribution in [0.1, 0.15) is 10.9 Å². The summed E-state index contributed by atoms with van der Waals surface area (Å²) in [5.41, 5.74) is 0. The van der Waals surface area contributed by atoms with Crippen LogP contribution in [0, 0.1) is 10.1 Å². The summed E-state index contributed by atoms with van der Waals surface area (Å²) in [7, 11) is 3.98. The van der Waals surface area contributed by atoms with Gasteiger partial charge in [-0.2, -0.15) is 9.38 Å². The molecule has 1 N–H and O–H groups in total. The van der Waals surface area contributed by atoms with E-state index in [1.54, 1.807) is 22.9 Å². The van der Waals surface area contributed by atoms with Gasteiger partial charge >= 0.3 is 5.82 Å². The van der Waals surface area contributed by atoms with Gasteiger partial charge in [0.05, 0.1) is 6.04 Å². The maximum absolute atomic E-state index is 11.3. The minimum Gasteiger partial charge on any atom is -0.361 e. The molecule has 0 saturated heterocycles. The van der Waals surface area contributed by atoms with Crippen LogP contribution >= 0.6 is 22.7 Å². The number of fused-ring (bicyclic) bond motifs is 1. The number of likely N-dealkylation sites (N-methyl/N-ethyl adjacent to an activating group) is 1. The van der Waals surface area contributed by atoms with Gasteiger partial charge < -0.3 is 20.3 Å². The molecule has 0 aliphatic heterocycles. The predicted octanol–water partition coefficient (Wildman–Crippen LogP) is 3.08. The molecular weight excluding hydrogens is 322 g/mol. The van der Waals surface area contributed by atoms with Crippen molar-refractivity contribution in [2.45, 2.75) is 6.04 Å². The van der Waals surface area contributed by atoms with Gasteiger partial charge in [-0.25, -0.2) is 0 Å². The standard InChI is InChI=1S/C13H15N5O2S2/c1-16(2)9(10-4-3-6-21-10)8-14-11-12(18(19)20)17-5-7-22-13(17)15-11/h3-7,9,14H,8H2,1-2H3/t9-/m1/s1. The lowest BCUT2D eigenvalue weighted by Crippen LogP contribution is -2.26. The Bertz CT molecular complexity index is 778. The predicted molar refractivity (Wildman–Crippen MR) is 89.0 cm³/mol. The lowest BCUT2D eigenvalue weighted by atomic mass is 10.2. The molecule has 0 radical (unpaired) electrons. The number of rotatable bonds is 6. The summed E-state index contributed by atoms with van der Waals surface area (Å²) >= 11 is 3.05. The van der Waals surface area contributed by atoms with Crippen LogP contribution in [0.2, 0.25) is 0 Å². The molecule has 0 fully saturated rings. The Balaban J connectivity index is 1.85. The van der Waals surface area contributed by atoms with Crippen molar-refractivity contribution in [3.63, 3.8) is 0 Å². The van der Waals surface area contributed by atoms with Gasteiger partial charge in [-0.1, -0.05) is 17.4 Å². The zero-order valence-corrected chi connectivity index (χ0v) is 13.7. The third-order valence-electron chi connectivity index (χ3n) is 3.37. The highest BCUT2D eigenvalue weighted by Crippen LogP contribution is 2.29. The first-order valence-corrected chi connectivity index (χ1v) is 8.37. The van der Waals surface area contributed by atoms with E-state index in [0.29, 0.717) is 17.3 Å². The molecule has 0 amide bonds. The van der Waals surface area contributed by atoms with E-state index in [2.05, 4.69) is 21.3 Å². The van der Waals surface area contributed by atoms with Crippen molar-refractivity contribution >= 4 is 39.3 Å². The van der Waals surface area contributed by atoms with Crippen LogP contribution in [0.25, 0.3) is 4.96 Å². The van der Waals surface area contributed by atoms with Gasteiger partial charge in [-0.3, -0.25) is 0 Å². The van der Waals surface area contributed by atoms with Crippen molar-refractivity contribution < 1.29 is 4.92 Å². The van der Waals surface area contributed by atoms with E-state index in [-0.39, 0.29) is 11.9 Å².